The first-order valence-electron chi connectivity index (χ1n) is 6.30. The van der Waals surface area contributed by atoms with Gasteiger partial charge in [-0.1, -0.05) is 43.5 Å². The van der Waals surface area contributed by atoms with Gasteiger partial charge in [-0.15, -0.1) is 0 Å². The van der Waals surface area contributed by atoms with Gasteiger partial charge in [0.15, 0.2) is 18.6 Å². The van der Waals surface area contributed by atoms with Crippen LogP contribution >= 0.6 is 0 Å². The van der Waals surface area contributed by atoms with Gasteiger partial charge >= 0.3 is 0 Å². The Hall–Kier alpha value is -1.57. The van der Waals surface area contributed by atoms with Crippen molar-refractivity contribution in [2.75, 3.05) is 0 Å². The van der Waals surface area contributed by atoms with Gasteiger partial charge < -0.3 is 0 Å². The number of nitrogens with zero attached hydrogens (tertiary/aromatic N) is 1. The third-order valence-corrected chi connectivity index (χ3v) is 3.77. The van der Waals surface area contributed by atoms with Crippen molar-refractivity contribution in [1.29, 1.82) is 0 Å². The second-order valence-electron chi connectivity index (χ2n) is 5.14. The maximum Gasteiger partial charge on any atom is 0.176 e. The number of pyridine rings is 1. The molecular weight excluding hydrogens is 205 g/mol. The summed E-state index contributed by atoms with van der Waals surface area (Å²) in [5.41, 5.74) is 4.06. The molecule has 0 amide bonds. The molecule has 1 atom stereocenters. The predicted molar refractivity (Wildman–Crippen MR) is 72.2 cm³/mol. The highest BCUT2D eigenvalue weighted by Crippen LogP contribution is 2.38. The number of aromatic nitrogens is 1. The molecule has 1 fully saturated rings. The lowest BCUT2D eigenvalue weighted by atomic mass is 9.70. The minimum Gasteiger partial charge on any atom is -0.205 e. The van der Waals surface area contributed by atoms with Crippen LogP contribution in [0.4, 0.5) is 0 Å². The summed E-state index contributed by atoms with van der Waals surface area (Å²) in [6, 6.07) is 15.1. The second kappa shape index (κ2) is 4.03. The van der Waals surface area contributed by atoms with E-state index in [1.54, 1.807) is 0 Å². The van der Waals surface area contributed by atoms with Gasteiger partial charge in [-0.3, -0.25) is 0 Å². The summed E-state index contributed by atoms with van der Waals surface area (Å²) in [5.74, 6) is 0.782. The lowest BCUT2D eigenvalue weighted by Gasteiger charge is -2.03. The van der Waals surface area contributed by atoms with Crippen molar-refractivity contribution in [1.82, 2.24) is 0 Å². The van der Waals surface area contributed by atoms with Crippen LogP contribution in [0, 0.1) is 0 Å². The molecule has 0 bridgehead atoms. The fourth-order valence-corrected chi connectivity index (χ4v) is 2.54. The van der Waals surface area contributed by atoms with Crippen molar-refractivity contribution in [2.24, 2.45) is 7.05 Å². The van der Waals surface area contributed by atoms with Crippen LogP contribution < -0.4 is 4.57 Å². The van der Waals surface area contributed by atoms with E-state index in [0.29, 0.717) is 0 Å². The Bertz CT molecular complexity index is 536. The minimum atomic E-state index is 0.782. The zero-order valence-electron chi connectivity index (χ0n) is 10.4. The van der Waals surface area contributed by atoms with E-state index in [4.69, 9.17) is 0 Å². The van der Waals surface area contributed by atoms with Gasteiger partial charge in [-0.05, 0) is 11.6 Å². The van der Waals surface area contributed by atoms with Crippen LogP contribution in [-0.4, -0.2) is 6.71 Å². The fourth-order valence-electron chi connectivity index (χ4n) is 2.54. The lowest BCUT2D eigenvalue weighted by molar-refractivity contribution is -0.678. The monoisotopic (exact) mass is 222 g/mol. The van der Waals surface area contributed by atoms with Crippen molar-refractivity contribution in [3.05, 3.63) is 54.4 Å². The summed E-state index contributed by atoms with van der Waals surface area (Å²) in [7, 11) is 2.16. The van der Waals surface area contributed by atoms with Crippen molar-refractivity contribution >= 4 is 6.71 Å². The largest absolute Gasteiger partial charge is 0.205 e. The molecule has 2 heteroatoms. The van der Waals surface area contributed by atoms with Crippen LogP contribution in [0.25, 0.3) is 11.1 Å². The maximum absolute atomic E-state index is 2.33. The standard InChI is InChI=1S/C15H17BN/c1-16-10-14(16)15-9-8-13(11-17(15)2)12-6-4-3-5-7-12/h3-9,11,14H,10H2,1-2H3/q+1. The topological polar surface area (TPSA) is 3.88 Å². The number of benzene rings is 1. The molecule has 0 N–H and O–H groups in total. The van der Waals surface area contributed by atoms with E-state index in [2.05, 4.69) is 67.1 Å². The molecule has 0 spiro atoms. The van der Waals surface area contributed by atoms with Gasteiger partial charge in [0.05, 0.1) is 0 Å². The van der Waals surface area contributed by atoms with Crippen LogP contribution in [0.3, 0.4) is 0 Å². The van der Waals surface area contributed by atoms with Gasteiger partial charge in [0, 0.05) is 17.4 Å². The Balaban J connectivity index is 1.96. The summed E-state index contributed by atoms with van der Waals surface area (Å²) >= 11 is 0. The Labute approximate surface area is 103 Å². The molecule has 84 valence electrons. The molecule has 0 radical (unpaired) electrons. The predicted octanol–water partition coefficient (Wildman–Crippen LogP) is 2.94. The van der Waals surface area contributed by atoms with Crippen LogP contribution in [0.15, 0.2) is 48.7 Å². The number of hydrogen-bond donors (Lipinski definition) is 0. The summed E-state index contributed by atoms with van der Waals surface area (Å²) in [5, 5.41) is 0. The van der Waals surface area contributed by atoms with E-state index in [9.17, 15) is 0 Å². The Morgan fingerprint density at radius 2 is 1.76 bits per heavy atom. The highest BCUT2D eigenvalue weighted by molar-refractivity contribution is 6.70. The average Bonchev–Trinajstić information content (AvgIpc) is 3.07. The molecule has 1 unspecified atom stereocenters. The Morgan fingerprint density at radius 1 is 1.06 bits per heavy atom. The molecule has 17 heavy (non-hydrogen) atoms. The van der Waals surface area contributed by atoms with Crippen molar-refractivity contribution in [3.8, 4) is 11.1 Å². The van der Waals surface area contributed by atoms with E-state index in [1.165, 1.54) is 23.1 Å². The third-order valence-electron chi connectivity index (χ3n) is 3.77. The van der Waals surface area contributed by atoms with E-state index in [0.717, 1.165) is 12.5 Å². The van der Waals surface area contributed by atoms with Crippen LogP contribution in [0.2, 0.25) is 13.1 Å². The normalized spacial score (nSPS) is 18.2. The van der Waals surface area contributed by atoms with Crippen LogP contribution in [-0.2, 0) is 7.05 Å². The van der Waals surface area contributed by atoms with Gasteiger partial charge in [0.2, 0.25) is 0 Å². The SMILES string of the molecule is CB1CC1c1ccc(-c2ccccc2)c[n+]1C. The smallest absolute Gasteiger partial charge is 0.176 e. The number of hydrogen-bond acceptors (Lipinski definition) is 0. The van der Waals surface area contributed by atoms with E-state index in [1.807, 2.05) is 0 Å². The fraction of sp³-hybridized carbons (Fsp3) is 0.267. The molecule has 1 nitrogen and oxygen atoms in total. The van der Waals surface area contributed by atoms with E-state index < -0.39 is 0 Å². The highest BCUT2D eigenvalue weighted by Gasteiger charge is 2.42. The molecule has 1 saturated heterocycles. The highest BCUT2D eigenvalue weighted by atomic mass is 14.9. The van der Waals surface area contributed by atoms with Crippen molar-refractivity contribution in [2.45, 2.75) is 19.0 Å². The van der Waals surface area contributed by atoms with E-state index in [-0.39, 0.29) is 0 Å². The lowest BCUT2D eigenvalue weighted by Crippen LogP contribution is -2.33. The summed E-state index contributed by atoms with van der Waals surface area (Å²) in [4.78, 5) is 0. The zero-order valence-corrected chi connectivity index (χ0v) is 10.4. The van der Waals surface area contributed by atoms with Gasteiger partial charge in [-0.2, -0.15) is 0 Å². The Morgan fingerprint density at radius 3 is 2.35 bits per heavy atom. The molecule has 1 aromatic heterocycles. The zero-order chi connectivity index (χ0) is 11.8. The second-order valence-corrected chi connectivity index (χ2v) is 5.14. The molecule has 2 heterocycles. The van der Waals surface area contributed by atoms with Crippen LogP contribution in [0.1, 0.15) is 11.5 Å². The van der Waals surface area contributed by atoms with Crippen molar-refractivity contribution in [3.63, 3.8) is 0 Å². The first-order chi connectivity index (χ1) is 8.25. The molecule has 1 aliphatic heterocycles. The molecule has 1 aliphatic rings. The first kappa shape index (κ1) is 10.6. The van der Waals surface area contributed by atoms with Gasteiger partial charge in [-0.25, -0.2) is 4.57 Å². The minimum absolute atomic E-state index is 0.782. The molecule has 3 rings (SSSR count). The summed E-state index contributed by atoms with van der Waals surface area (Å²) < 4.78 is 2.29. The van der Waals surface area contributed by atoms with Crippen molar-refractivity contribution < 1.29 is 4.57 Å². The first-order valence-corrected chi connectivity index (χ1v) is 6.30. The molecule has 0 saturated carbocycles. The number of rotatable bonds is 2. The maximum atomic E-state index is 2.33. The summed E-state index contributed by atoms with van der Waals surface area (Å²) in [6.45, 7) is 3.19. The van der Waals surface area contributed by atoms with Gasteiger partial charge in [0.25, 0.3) is 0 Å². The summed E-state index contributed by atoms with van der Waals surface area (Å²) in [6.07, 6.45) is 3.59. The molecule has 2 aromatic rings. The molecular formula is C15H17BN+. The van der Waals surface area contributed by atoms with Gasteiger partial charge in [0.1, 0.15) is 7.05 Å². The quantitative estimate of drug-likeness (QED) is 0.543. The molecule has 1 aromatic carbocycles. The number of aryl methyl sites for hydroxylation is 1. The molecule has 0 aliphatic carbocycles. The Kier molecular flexibility index (Phi) is 2.51. The third kappa shape index (κ3) is 2.00. The van der Waals surface area contributed by atoms with E-state index >= 15 is 0 Å². The average molecular weight is 222 g/mol. The van der Waals surface area contributed by atoms with Crippen LogP contribution in [0.5, 0.6) is 0 Å².